The molecule has 2 N–H and O–H groups in total. The summed E-state index contributed by atoms with van der Waals surface area (Å²) < 4.78 is 4.27. The minimum Gasteiger partial charge on any atom is -0.354 e. The van der Waals surface area contributed by atoms with Crippen LogP contribution in [0.25, 0.3) is 0 Å². The molecule has 1 aliphatic rings. The molecule has 0 aliphatic carbocycles. The van der Waals surface area contributed by atoms with Crippen LogP contribution in [-0.4, -0.2) is 27.9 Å². The Bertz CT molecular complexity index is 404. The van der Waals surface area contributed by atoms with E-state index in [2.05, 4.69) is 40.8 Å². The minimum absolute atomic E-state index is 0.0602. The fourth-order valence-electron chi connectivity index (χ4n) is 1.83. The minimum atomic E-state index is -0.184. The smallest absolute Gasteiger partial charge is 0.242 e. The lowest BCUT2D eigenvalue weighted by Gasteiger charge is -2.28. The first-order valence-electron chi connectivity index (χ1n) is 5.95. The van der Waals surface area contributed by atoms with Crippen molar-refractivity contribution in [3.63, 3.8) is 0 Å². The largest absolute Gasteiger partial charge is 0.354 e. The summed E-state index contributed by atoms with van der Waals surface area (Å²) in [4.78, 5) is 16.1. The van der Waals surface area contributed by atoms with Crippen molar-refractivity contribution < 1.29 is 4.79 Å². The third kappa shape index (κ3) is 2.74. The van der Waals surface area contributed by atoms with Crippen LogP contribution >= 0.6 is 11.5 Å². The zero-order valence-corrected chi connectivity index (χ0v) is 11.2. The zero-order chi connectivity index (χ0) is 12.4. The lowest BCUT2D eigenvalue weighted by atomic mass is 9.94. The molecule has 0 aromatic carbocycles. The van der Waals surface area contributed by atoms with Gasteiger partial charge in [0, 0.05) is 24.0 Å². The van der Waals surface area contributed by atoms with Crippen molar-refractivity contribution in [2.24, 2.45) is 5.92 Å². The molecular formula is C11H18N4OS. The Morgan fingerprint density at radius 1 is 1.53 bits per heavy atom. The maximum atomic E-state index is 11.7. The normalized spacial score (nSPS) is 24.8. The van der Waals surface area contributed by atoms with Crippen molar-refractivity contribution in [2.75, 3.05) is 11.9 Å². The van der Waals surface area contributed by atoms with E-state index in [4.69, 9.17) is 0 Å². The van der Waals surface area contributed by atoms with Gasteiger partial charge in [0.2, 0.25) is 11.0 Å². The van der Waals surface area contributed by atoms with Gasteiger partial charge >= 0.3 is 0 Å². The Hall–Kier alpha value is -1.17. The van der Waals surface area contributed by atoms with Crippen LogP contribution < -0.4 is 10.6 Å². The highest BCUT2D eigenvalue weighted by Gasteiger charge is 2.29. The second-order valence-corrected chi connectivity index (χ2v) is 5.54. The monoisotopic (exact) mass is 254 g/mol. The summed E-state index contributed by atoms with van der Waals surface area (Å²) in [6, 6.07) is -0.184. The first kappa shape index (κ1) is 12.3. The molecule has 17 heavy (non-hydrogen) atoms. The van der Waals surface area contributed by atoms with Crippen molar-refractivity contribution in [1.82, 2.24) is 14.7 Å². The molecule has 1 aromatic rings. The Balaban J connectivity index is 2.05. The fourth-order valence-corrected chi connectivity index (χ4v) is 2.57. The van der Waals surface area contributed by atoms with Gasteiger partial charge in [-0.05, 0) is 12.3 Å². The number of carbonyl (C=O) groups excluding carboxylic acids is 1. The molecule has 0 radical (unpaired) electrons. The number of hydrogen-bond donors (Lipinski definition) is 2. The standard InChI is InChI=1S/C11H18N4OS/c1-6(2)9-14-11(17-15-9)13-8-7(3)4-5-12-10(8)16/h6-8H,4-5H2,1-3H3,(H,12,16)(H,13,14,15)/t7-,8+/m0/s1. The number of rotatable bonds is 3. The van der Waals surface area contributed by atoms with Crippen molar-refractivity contribution in [1.29, 1.82) is 0 Å². The number of nitrogens with one attached hydrogen (secondary N) is 2. The van der Waals surface area contributed by atoms with Crippen LogP contribution in [0.4, 0.5) is 5.13 Å². The van der Waals surface area contributed by atoms with E-state index in [1.165, 1.54) is 11.5 Å². The predicted octanol–water partition coefficient (Wildman–Crippen LogP) is 1.60. The van der Waals surface area contributed by atoms with Gasteiger partial charge in [-0.1, -0.05) is 20.8 Å². The first-order valence-corrected chi connectivity index (χ1v) is 6.73. The number of anilines is 1. The number of aromatic nitrogens is 2. The Morgan fingerprint density at radius 3 is 2.88 bits per heavy atom. The van der Waals surface area contributed by atoms with Gasteiger partial charge in [0.15, 0.2) is 0 Å². The topological polar surface area (TPSA) is 66.9 Å². The zero-order valence-electron chi connectivity index (χ0n) is 10.4. The summed E-state index contributed by atoms with van der Waals surface area (Å²) in [6.45, 7) is 6.97. The summed E-state index contributed by atoms with van der Waals surface area (Å²) in [7, 11) is 0. The van der Waals surface area contributed by atoms with Crippen LogP contribution in [0.5, 0.6) is 0 Å². The highest BCUT2D eigenvalue weighted by atomic mass is 32.1. The summed E-state index contributed by atoms with van der Waals surface area (Å²) >= 11 is 1.32. The molecule has 0 unspecified atom stereocenters. The van der Waals surface area contributed by atoms with Crippen molar-refractivity contribution in [3.8, 4) is 0 Å². The molecule has 6 heteroatoms. The number of nitrogens with zero attached hydrogens (tertiary/aromatic N) is 2. The van der Waals surface area contributed by atoms with Gasteiger partial charge in [-0.3, -0.25) is 4.79 Å². The number of piperidine rings is 1. The Labute approximate surface area is 105 Å². The first-order chi connectivity index (χ1) is 8.08. The summed E-state index contributed by atoms with van der Waals surface area (Å²) in [5.74, 6) is 1.54. The van der Waals surface area contributed by atoms with Gasteiger partial charge in [-0.2, -0.15) is 4.37 Å². The fraction of sp³-hybridized carbons (Fsp3) is 0.727. The van der Waals surface area contributed by atoms with Gasteiger partial charge in [0.1, 0.15) is 11.9 Å². The lowest BCUT2D eigenvalue weighted by Crippen LogP contribution is -2.49. The maximum absolute atomic E-state index is 11.7. The highest BCUT2D eigenvalue weighted by Crippen LogP contribution is 2.21. The summed E-state index contributed by atoms with van der Waals surface area (Å²) in [6.07, 6.45) is 0.999. The van der Waals surface area contributed by atoms with E-state index in [1.54, 1.807) is 0 Å². The molecule has 5 nitrogen and oxygen atoms in total. The molecular weight excluding hydrogens is 236 g/mol. The van der Waals surface area contributed by atoms with Gasteiger partial charge < -0.3 is 10.6 Å². The van der Waals surface area contributed by atoms with Gasteiger partial charge in [0.25, 0.3) is 0 Å². The summed E-state index contributed by atoms with van der Waals surface area (Å²) in [5, 5.41) is 6.79. The van der Waals surface area contributed by atoms with Gasteiger partial charge in [-0.15, -0.1) is 0 Å². The molecule has 1 aliphatic heterocycles. The highest BCUT2D eigenvalue weighted by molar-refractivity contribution is 7.09. The van der Waals surface area contributed by atoms with Crippen molar-refractivity contribution in [3.05, 3.63) is 5.82 Å². The molecule has 1 fully saturated rings. The van der Waals surface area contributed by atoms with Crippen molar-refractivity contribution in [2.45, 2.75) is 39.2 Å². The number of hydrogen-bond acceptors (Lipinski definition) is 5. The molecule has 0 spiro atoms. The van der Waals surface area contributed by atoms with Crippen molar-refractivity contribution >= 4 is 22.6 Å². The van der Waals surface area contributed by atoms with Crippen LogP contribution in [0.15, 0.2) is 0 Å². The molecule has 2 rings (SSSR count). The van der Waals surface area contributed by atoms with Crippen LogP contribution in [0.2, 0.25) is 0 Å². The quantitative estimate of drug-likeness (QED) is 0.859. The van der Waals surface area contributed by atoms with Crippen LogP contribution in [0.3, 0.4) is 0 Å². The second kappa shape index (κ2) is 5.00. The van der Waals surface area contributed by atoms with Crippen LogP contribution in [0, 0.1) is 5.92 Å². The lowest BCUT2D eigenvalue weighted by molar-refractivity contribution is -0.124. The molecule has 1 amide bonds. The third-order valence-corrected chi connectivity index (χ3v) is 3.65. The van der Waals surface area contributed by atoms with Gasteiger partial charge in [-0.25, -0.2) is 4.98 Å². The van der Waals surface area contributed by atoms with E-state index in [0.717, 1.165) is 23.9 Å². The van der Waals surface area contributed by atoms with E-state index >= 15 is 0 Å². The predicted molar refractivity (Wildman–Crippen MR) is 68.2 cm³/mol. The van der Waals surface area contributed by atoms with E-state index in [0.29, 0.717) is 11.8 Å². The number of carbonyl (C=O) groups is 1. The summed E-state index contributed by atoms with van der Waals surface area (Å²) in [5.41, 5.74) is 0. The van der Waals surface area contributed by atoms with Gasteiger partial charge in [0.05, 0.1) is 0 Å². The van der Waals surface area contributed by atoms with Crippen LogP contribution in [0.1, 0.15) is 38.9 Å². The average molecular weight is 254 g/mol. The SMILES string of the molecule is CC(C)c1nsc(N[C@H]2C(=O)NCC[C@@H]2C)n1. The van der Waals surface area contributed by atoms with E-state index < -0.39 is 0 Å². The van der Waals surface area contributed by atoms with E-state index in [9.17, 15) is 4.79 Å². The molecule has 94 valence electrons. The third-order valence-electron chi connectivity index (χ3n) is 2.99. The second-order valence-electron chi connectivity index (χ2n) is 4.79. The number of amides is 1. The Morgan fingerprint density at radius 2 is 2.29 bits per heavy atom. The molecule has 1 saturated heterocycles. The van der Waals surface area contributed by atoms with E-state index in [1.807, 2.05) is 0 Å². The Kier molecular flexibility index (Phi) is 3.61. The molecule has 2 heterocycles. The molecule has 2 atom stereocenters. The van der Waals surface area contributed by atoms with Crippen LogP contribution in [-0.2, 0) is 4.79 Å². The molecule has 1 aromatic heterocycles. The van der Waals surface area contributed by atoms with E-state index in [-0.39, 0.29) is 11.9 Å². The molecule has 0 bridgehead atoms. The molecule has 0 saturated carbocycles. The maximum Gasteiger partial charge on any atom is 0.242 e. The average Bonchev–Trinajstić information content (AvgIpc) is 2.72.